The van der Waals surface area contributed by atoms with E-state index in [0.717, 1.165) is 39.2 Å². The first-order valence-corrected chi connectivity index (χ1v) is 13.6. The number of rotatable bonds is 3. The highest BCUT2D eigenvalue weighted by molar-refractivity contribution is 7.85. The summed E-state index contributed by atoms with van der Waals surface area (Å²) in [7, 11) is -4.27. The van der Waals surface area contributed by atoms with Crippen LogP contribution < -0.4 is 9.30 Å². The summed E-state index contributed by atoms with van der Waals surface area (Å²) in [6.07, 6.45) is 4.21. The van der Waals surface area contributed by atoms with Gasteiger partial charge in [-0.05, 0) is 62.8 Å². The van der Waals surface area contributed by atoms with Crippen LogP contribution in [-0.2, 0) is 16.7 Å². The number of aromatic nitrogens is 1. The summed E-state index contributed by atoms with van der Waals surface area (Å²) < 4.78 is 40.7. The molecule has 0 atom stereocenters. The summed E-state index contributed by atoms with van der Waals surface area (Å²) in [5, 5.41) is 1.92. The van der Waals surface area contributed by atoms with Gasteiger partial charge in [0, 0.05) is 16.7 Å². The summed E-state index contributed by atoms with van der Waals surface area (Å²) in [4.78, 5) is -0.178. The Hall–Kier alpha value is -2.97. The van der Waals surface area contributed by atoms with Crippen molar-refractivity contribution in [3.05, 3.63) is 99.7 Å². The standard InChI is InChI=1S/C20H17ClNOS.C7H8O3S/c1-3-22-17-11-14(21)8-9-19(17)24-20(22)12-15-10-13(2)16-6-4-5-7-18(16)23-15;1-6-2-4-7(5-3-6)11(8,9)10/h4-12H,3H2,1-2H3;2-5H,1H3,(H,8,9,10)/q+1;/p-1. The number of allylic oxidation sites excluding steroid dienone is 2. The fourth-order valence-corrected chi connectivity index (χ4v) is 5.52. The molecule has 8 heteroatoms. The van der Waals surface area contributed by atoms with E-state index in [1.165, 1.54) is 27.9 Å². The van der Waals surface area contributed by atoms with Gasteiger partial charge in [-0.2, -0.15) is 4.57 Å². The van der Waals surface area contributed by atoms with Crippen LogP contribution in [-0.4, -0.2) is 13.0 Å². The second-order valence-electron chi connectivity index (χ2n) is 8.04. The Balaban J connectivity index is 0.000000221. The molecule has 0 bridgehead atoms. The molecule has 35 heavy (non-hydrogen) atoms. The zero-order valence-electron chi connectivity index (χ0n) is 19.5. The Morgan fingerprint density at radius 3 is 2.46 bits per heavy atom. The van der Waals surface area contributed by atoms with Crippen molar-refractivity contribution < 1.29 is 22.3 Å². The second kappa shape index (κ2) is 10.3. The minimum absolute atomic E-state index is 0.178. The fraction of sp³-hybridized carbons (Fsp3) is 0.148. The number of para-hydroxylation sites is 1. The van der Waals surface area contributed by atoms with E-state index in [9.17, 15) is 13.0 Å². The number of fused-ring (bicyclic) bond motifs is 2. The molecule has 0 saturated carbocycles. The third-order valence-corrected chi connectivity index (χ3v) is 7.68. The second-order valence-corrected chi connectivity index (χ2v) is 10.9. The Bertz CT molecular complexity index is 1550. The highest BCUT2D eigenvalue weighted by Gasteiger charge is 2.20. The van der Waals surface area contributed by atoms with Gasteiger partial charge in [-0.1, -0.05) is 58.8 Å². The predicted molar refractivity (Wildman–Crippen MR) is 141 cm³/mol. The molecule has 0 fully saturated rings. The maximum absolute atomic E-state index is 10.4. The maximum atomic E-state index is 10.4. The summed E-state index contributed by atoms with van der Waals surface area (Å²) in [6.45, 7) is 6.97. The van der Waals surface area contributed by atoms with E-state index >= 15 is 0 Å². The van der Waals surface area contributed by atoms with Crippen LogP contribution in [0.5, 0.6) is 5.75 Å². The van der Waals surface area contributed by atoms with Crippen molar-refractivity contribution in [1.29, 1.82) is 0 Å². The maximum Gasteiger partial charge on any atom is 0.266 e. The Morgan fingerprint density at radius 2 is 1.77 bits per heavy atom. The number of nitrogens with zero attached hydrogens (tertiary/aromatic N) is 1. The Kier molecular flexibility index (Phi) is 7.42. The third kappa shape index (κ3) is 5.82. The molecule has 0 radical (unpaired) electrons. The molecule has 5 nitrogen and oxygen atoms in total. The van der Waals surface area contributed by atoms with Crippen LogP contribution in [0.4, 0.5) is 0 Å². The van der Waals surface area contributed by atoms with E-state index < -0.39 is 10.1 Å². The van der Waals surface area contributed by atoms with E-state index in [4.69, 9.17) is 16.3 Å². The van der Waals surface area contributed by atoms with E-state index in [-0.39, 0.29) is 4.90 Å². The summed E-state index contributed by atoms with van der Waals surface area (Å²) in [6, 6.07) is 20.0. The first-order chi connectivity index (χ1) is 16.7. The number of thiazole rings is 1. The molecule has 2 heterocycles. The lowest BCUT2D eigenvalue weighted by Crippen LogP contribution is -2.33. The van der Waals surface area contributed by atoms with Gasteiger partial charge in [-0.15, -0.1) is 0 Å². The van der Waals surface area contributed by atoms with Crippen molar-refractivity contribution in [2.24, 2.45) is 0 Å². The molecule has 0 saturated heterocycles. The number of hydrogen-bond donors (Lipinski definition) is 0. The highest BCUT2D eigenvalue weighted by atomic mass is 35.5. The normalized spacial score (nSPS) is 14.1. The van der Waals surface area contributed by atoms with Gasteiger partial charge in [0.25, 0.3) is 5.01 Å². The molecule has 0 N–H and O–H groups in total. The quantitative estimate of drug-likeness (QED) is 0.223. The monoisotopic (exact) mass is 525 g/mol. The SMILES string of the molecule is CC[n+]1c(C=C2C=C(C)c3ccccc3O2)sc2ccc(Cl)cc21.Cc1ccc(S(=O)(=O)[O-])cc1. The molecular formula is C27H24ClNO4S2. The van der Waals surface area contributed by atoms with Gasteiger partial charge in [0.15, 0.2) is 0 Å². The van der Waals surface area contributed by atoms with Crippen molar-refractivity contribution in [3.8, 4) is 5.75 Å². The number of hydrogen-bond acceptors (Lipinski definition) is 5. The molecule has 3 aromatic carbocycles. The molecule has 1 aliphatic rings. The fourth-order valence-electron chi connectivity index (χ4n) is 3.73. The lowest BCUT2D eigenvalue weighted by atomic mass is 10.0. The first-order valence-electron chi connectivity index (χ1n) is 11.0. The third-order valence-electron chi connectivity index (χ3n) is 5.48. The van der Waals surface area contributed by atoms with Crippen LogP contribution in [0.1, 0.15) is 30.0 Å². The van der Waals surface area contributed by atoms with Crippen molar-refractivity contribution in [2.45, 2.75) is 32.2 Å². The number of halogens is 1. The molecule has 180 valence electrons. The van der Waals surface area contributed by atoms with Crippen molar-refractivity contribution in [3.63, 3.8) is 0 Å². The molecule has 5 rings (SSSR count). The Labute approximate surface area is 214 Å². The predicted octanol–water partition coefficient (Wildman–Crippen LogP) is 6.60. The summed E-state index contributed by atoms with van der Waals surface area (Å²) in [5.41, 5.74) is 4.47. The summed E-state index contributed by atoms with van der Waals surface area (Å²) in [5.74, 6) is 1.78. The topological polar surface area (TPSA) is 70.3 Å². The van der Waals surface area contributed by atoms with E-state index in [1.54, 1.807) is 23.5 Å². The average molecular weight is 526 g/mol. The van der Waals surface area contributed by atoms with E-state index in [0.29, 0.717) is 0 Å². The van der Waals surface area contributed by atoms with Gasteiger partial charge in [-0.3, -0.25) is 0 Å². The number of aryl methyl sites for hydroxylation is 2. The first kappa shape index (κ1) is 25.1. The van der Waals surface area contributed by atoms with Crippen molar-refractivity contribution >= 4 is 54.9 Å². The molecule has 4 aromatic rings. The van der Waals surface area contributed by atoms with Gasteiger partial charge >= 0.3 is 0 Å². The zero-order valence-corrected chi connectivity index (χ0v) is 21.9. The largest absolute Gasteiger partial charge is 0.744 e. The van der Waals surface area contributed by atoms with E-state index in [2.05, 4.69) is 42.7 Å². The molecule has 0 aliphatic carbocycles. The highest BCUT2D eigenvalue weighted by Crippen LogP contribution is 2.34. The molecule has 0 amide bonds. The van der Waals surface area contributed by atoms with Gasteiger partial charge < -0.3 is 9.29 Å². The van der Waals surface area contributed by atoms with Crippen molar-refractivity contribution in [2.75, 3.05) is 0 Å². The smallest absolute Gasteiger partial charge is 0.266 e. The lowest BCUT2D eigenvalue weighted by molar-refractivity contribution is -0.665. The summed E-state index contributed by atoms with van der Waals surface area (Å²) >= 11 is 7.92. The van der Waals surface area contributed by atoms with Crippen molar-refractivity contribution in [1.82, 2.24) is 0 Å². The van der Waals surface area contributed by atoms with Gasteiger partial charge in [0.05, 0.1) is 11.0 Å². The van der Waals surface area contributed by atoms with Crippen LogP contribution in [0.3, 0.4) is 0 Å². The molecule has 1 aliphatic heterocycles. The number of ether oxygens (including phenoxy) is 1. The minimum Gasteiger partial charge on any atom is -0.744 e. The molecule has 1 aromatic heterocycles. The van der Waals surface area contributed by atoms with Gasteiger partial charge in [-0.25, -0.2) is 8.42 Å². The Morgan fingerprint density at radius 1 is 1.06 bits per heavy atom. The van der Waals surface area contributed by atoms with Crippen LogP contribution in [0, 0.1) is 6.92 Å². The van der Waals surface area contributed by atoms with Crippen LogP contribution in [0.25, 0.3) is 21.9 Å². The van der Waals surface area contributed by atoms with Gasteiger partial charge in [0.2, 0.25) is 5.52 Å². The van der Waals surface area contributed by atoms with Gasteiger partial charge in [0.1, 0.15) is 32.9 Å². The molecule has 0 spiro atoms. The molecule has 0 unspecified atom stereocenters. The zero-order chi connectivity index (χ0) is 25.2. The molecular weight excluding hydrogens is 502 g/mol. The lowest BCUT2D eigenvalue weighted by Gasteiger charge is -2.17. The average Bonchev–Trinajstić information content (AvgIpc) is 3.15. The van der Waals surface area contributed by atoms with Crippen LogP contribution in [0.15, 0.2) is 83.5 Å². The minimum atomic E-state index is -4.27. The van der Waals surface area contributed by atoms with Crippen LogP contribution >= 0.6 is 22.9 Å². The number of benzene rings is 3. The van der Waals surface area contributed by atoms with Crippen LogP contribution in [0.2, 0.25) is 5.02 Å². The van der Waals surface area contributed by atoms with E-state index in [1.807, 2.05) is 37.3 Å².